The van der Waals surface area contributed by atoms with E-state index in [0.29, 0.717) is 10.8 Å². The monoisotopic (exact) mass is 426 g/mol. The van der Waals surface area contributed by atoms with Crippen molar-refractivity contribution in [1.29, 1.82) is 0 Å². The highest BCUT2D eigenvalue weighted by Crippen LogP contribution is 2.24. The van der Waals surface area contributed by atoms with Crippen molar-refractivity contribution in [2.75, 3.05) is 31.9 Å². The second-order valence-corrected chi connectivity index (χ2v) is 11.0. The molecule has 162 valence electrons. The van der Waals surface area contributed by atoms with Gasteiger partial charge in [-0.3, -0.25) is 4.90 Å². The van der Waals surface area contributed by atoms with Gasteiger partial charge in [-0.1, -0.05) is 36.4 Å². The van der Waals surface area contributed by atoms with Gasteiger partial charge in [-0.15, -0.1) is 0 Å². The number of rotatable bonds is 7. The summed E-state index contributed by atoms with van der Waals surface area (Å²) in [4.78, 5) is 2.99. The van der Waals surface area contributed by atoms with E-state index in [-0.39, 0.29) is 5.75 Å². The van der Waals surface area contributed by atoms with Crippen LogP contribution in [0.25, 0.3) is 0 Å². The Kier molecular flexibility index (Phi) is 7.24. The summed E-state index contributed by atoms with van der Waals surface area (Å²) in [6.45, 7) is 5.09. The maximum atomic E-state index is 12.9. The lowest BCUT2D eigenvalue weighted by molar-refractivity contribution is 0.279. The molecule has 1 fully saturated rings. The van der Waals surface area contributed by atoms with E-state index in [9.17, 15) is 8.42 Å². The Labute approximate surface area is 181 Å². The molecule has 0 bridgehead atoms. The highest BCUT2D eigenvalue weighted by atomic mass is 32.2. The predicted octanol–water partition coefficient (Wildman–Crippen LogP) is 3.84. The number of piperidine rings is 1. The molecule has 0 radical (unpaired) electrons. The highest BCUT2D eigenvalue weighted by Gasteiger charge is 2.20. The maximum absolute atomic E-state index is 12.9. The average molecular weight is 427 g/mol. The molecule has 2 aliphatic heterocycles. The lowest BCUT2D eigenvalue weighted by atomic mass is 9.94. The van der Waals surface area contributed by atoms with Gasteiger partial charge in [-0.05, 0) is 86.4 Å². The van der Waals surface area contributed by atoms with Gasteiger partial charge >= 0.3 is 0 Å². The lowest BCUT2D eigenvalue weighted by Gasteiger charge is -2.22. The van der Waals surface area contributed by atoms with Crippen LogP contribution in [0.4, 0.5) is 0 Å². The van der Waals surface area contributed by atoms with Crippen molar-refractivity contribution in [3.8, 4) is 0 Å². The molecule has 0 unspecified atom stereocenters. The fraction of sp³-hybridized carbons (Fsp3) is 0.520. The fourth-order valence-corrected chi connectivity index (χ4v) is 6.17. The number of nitrogens with one attached hydrogen (secondary N) is 1. The van der Waals surface area contributed by atoms with Gasteiger partial charge in [0.2, 0.25) is 0 Å². The molecule has 4 nitrogen and oxygen atoms in total. The van der Waals surface area contributed by atoms with E-state index in [4.69, 9.17) is 0 Å². The van der Waals surface area contributed by atoms with E-state index in [1.807, 2.05) is 12.1 Å². The zero-order valence-electron chi connectivity index (χ0n) is 17.9. The summed E-state index contributed by atoms with van der Waals surface area (Å²) in [5.74, 6) is 0.958. The molecule has 0 saturated carbocycles. The van der Waals surface area contributed by atoms with Crippen molar-refractivity contribution < 1.29 is 8.42 Å². The van der Waals surface area contributed by atoms with Crippen LogP contribution in [0.5, 0.6) is 0 Å². The van der Waals surface area contributed by atoms with Crippen LogP contribution >= 0.6 is 0 Å². The minimum absolute atomic E-state index is 0.274. The average Bonchev–Trinajstić information content (AvgIpc) is 2.97. The van der Waals surface area contributed by atoms with Crippen molar-refractivity contribution >= 4 is 9.84 Å². The van der Waals surface area contributed by atoms with Gasteiger partial charge in [0.25, 0.3) is 0 Å². The van der Waals surface area contributed by atoms with Gasteiger partial charge in [-0.25, -0.2) is 8.42 Å². The van der Waals surface area contributed by atoms with Crippen LogP contribution in [0.1, 0.15) is 42.4 Å². The van der Waals surface area contributed by atoms with Crippen LogP contribution in [-0.4, -0.2) is 45.2 Å². The first-order chi connectivity index (χ1) is 14.6. The van der Waals surface area contributed by atoms with Crippen molar-refractivity contribution in [1.82, 2.24) is 10.2 Å². The molecule has 5 heteroatoms. The molecule has 1 saturated heterocycles. The molecule has 2 aromatic carbocycles. The molecule has 2 aliphatic rings. The molecule has 2 heterocycles. The molecule has 0 amide bonds. The van der Waals surface area contributed by atoms with E-state index < -0.39 is 9.84 Å². The number of fused-ring (bicyclic) bond motifs is 1. The largest absolute Gasteiger partial charge is 0.317 e. The number of hydrogen-bond acceptors (Lipinski definition) is 4. The van der Waals surface area contributed by atoms with E-state index >= 15 is 0 Å². The van der Waals surface area contributed by atoms with Crippen molar-refractivity contribution in [2.45, 2.75) is 50.0 Å². The zero-order valence-corrected chi connectivity index (χ0v) is 18.7. The zero-order chi connectivity index (χ0) is 20.8. The molecule has 0 aromatic heterocycles. The predicted molar refractivity (Wildman–Crippen MR) is 122 cm³/mol. The Morgan fingerprint density at radius 1 is 0.933 bits per heavy atom. The van der Waals surface area contributed by atoms with Crippen LogP contribution in [-0.2, 0) is 29.2 Å². The smallest absolute Gasteiger partial charge is 0.178 e. The minimum atomic E-state index is -3.20. The van der Waals surface area contributed by atoms with Gasteiger partial charge < -0.3 is 5.32 Å². The van der Waals surface area contributed by atoms with Gasteiger partial charge in [0.05, 0.1) is 10.6 Å². The van der Waals surface area contributed by atoms with Crippen molar-refractivity contribution in [3.05, 3.63) is 65.2 Å². The molecule has 1 N–H and O–H groups in total. The minimum Gasteiger partial charge on any atom is -0.317 e. The first-order valence-electron chi connectivity index (χ1n) is 11.4. The van der Waals surface area contributed by atoms with Gasteiger partial charge in [0.1, 0.15) is 0 Å². The third-order valence-corrected chi connectivity index (χ3v) is 8.46. The Bertz CT molecular complexity index is 921. The Hall–Kier alpha value is -1.69. The second kappa shape index (κ2) is 10.1. The summed E-state index contributed by atoms with van der Waals surface area (Å²) in [5.41, 5.74) is 3.85. The molecule has 4 rings (SSSR count). The van der Waals surface area contributed by atoms with Gasteiger partial charge in [-0.2, -0.15) is 0 Å². The molecule has 2 aromatic rings. The number of sulfone groups is 1. The van der Waals surface area contributed by atoms with Crippen molar-refractivity contribution in [2.24, 2.45) is 5.92 Å². The molecular weight excluding hydrogens is 392 g/mol. The van der Waals surface area contributed by atoms with Crippen LogP contribution in [0, 0.1) is 5.92 Å². The van der Waals surface area contributed by atoms with E-state index in [2.05, 4.69) is 46.6 Å². The summed E-state index contributed by atoms with van der Waals surface area (Å²) >= 11 is 0. The molecule has 0 aliphatic carbocycles. The fourth-order valence-electron chi connectivity index (χ4n) is 4.79. The second-order valence-electron chi connectivity index (χ2n) is 8.85. The topological polar surface area (TPSA) is 49.4 Å². The summed E-state index contributed by atoms with van der Waals surface area (Å²) in [6.07, 6.45) is 6.06. The van der Waals surface area contributed by atoms with Crippen molar-refractivity contribution in [3.63, 3.8) is 0 Å². The third kappa shape index (κ3) is 5.71. The molecule has 0 spiro atoms. The number of benzene rings is 2. The summed E-state index contributed by atoms with van der Waals surface area (Å²) in [5, 5.41) is 3.38. The van der Waals surface area contributed by atoms with E-state index in [1.165, 1.54) is 29.5 Å². The maximum Gasteiger partial charge on any atom is 0.178 e. The molecular formula is C25H34N2O2S. The summed E-state index contributed by atoms with van der Waals surface area (Å²) in [7, 11) is -3.20. The summed E-state index contributed by atoms with van der Waals surface area (Å²) in [6, 6.07) is 16.4. The first kappa shape index (κ1) is 21.5. The highest BCUT2D eigenvalue weighted by molar-refractivity contribution is 7.91. The standard InChI is InChI=1S/C25H34N2O2S/c28-30(29,18-4-7-21-10-14-26-15-11-21)25-9-8-23-12-16-27(17-13-24(23)19-25)20-22-5-2-1-3-6-22/h1-3,5-6,8-9,19,21,26H,4,7,10-18,20H2. The Morgan fingerprint density at radius 3 is 2.43 bits per heavy atom. The Morgan fingerprint density at radius 2 is 1.67 bits per heavy atom. The van der Waals surface area contributed by atoms with Crippen LogP contribution < -0.4 is 5.32 Å². The number of hydrogen-bond donors (Lipinski definition) is 1. The number of nitrogens with zero attached hydrogens (tertiary/aromatic N) is 1. The SMILES string of the molecule is O=S(=O)(CCCC1CCNCC1)c1ccc2c(c1)CCN(Cc1ccccc1)CC2. The van der Waals surface area contributed by atoms with Crippen LogP contribution in [0.2, 0.25) is 0 Å². The lowest BCUT2D eigenvalue weighted by Crippen LogP contribution is -2.27. The molecule has 30 heavy (non-hydrogen) atoms. The summed E-state index contributed by atoms with van der Waals surface area (Å²) < 4.78 is 25.9. The van der Waals surface area contributed by atoms with E-state index in [1.54, 1.807) is 0 Å². The van der Waals surface area contributed by atoms with Crippen LogP contribution in [0.3, 0.4) is 0 Å². The quantitative estimate of drug-likeness (QED) is 0.731. The third-order valence-electron chi connectivity index (χ3n) is 6.66. The van der Waals surface area contributed by atoms with Gasteiger partial charge in [0, 0.05) is 19.6 Å². The van der Waals surface area contributed by atoms with E-state index in [0.717, 1.165) is 58.4 Å². The Balaban J connectivity index is 1.35. The normalized spacial score (nSPS) is 18.7. The molecule has 0 atom stereocenters. The first-order valence-corrected chi connectivity index (χ1v) is 13.1. The van der Waals surface area contributed by atoms with Crippen LogP contribution in [0.15, 0.2) is 53.4 Å². The van der Waals surface area contributed by atoms with Gasteiger partial charge in [0.15, 0.2) is 9.84 Å².